The first-order valence-electron chi connectivity index (χ1n) is 10.7. The molecule has 174 valence electrons. The molecule has 1 fully saturated rings. The summed E-state index contributed by atoms with van der Waals surface area (Å²) in [4.78, 5) is 7.22. The Morgan fingerprint density at radius 1 is 1.23 bits per heavy atom. The fourth-order valence-corrected chi connectivity index (χ4v) is 3.23. The van der Waals surface area contributed by atoms with Crippen LogP contribution < -0.4 is 10.6 Å². The number of halogens is 1. The standard InChI is InChI=1S/C20H39N7O2.HI/c1-16(2)29-14-12-27-10-7-18(8-11-27)23-20(21-9-6-13-28-5)22-15-19-25-24-17(3)26(19)4;/h16,18H,6-15H2,1-5H3,(H2,21,22,23);1H. The molecule has 1 aromatic heterocycles. The lowest BCUT2D eigenvalue weighted by Gasteiger charge is -2.33. The molecule has 0 aromatic carbocycles. The molecule has 0 unspecified atom stereocenters. The number of nitrogens with zero attached hydrogens (tertiary/aromatic N) is 5. The quantitative estimate of drug-likeness (QED) is 0.192. The van der Waals surface area contributed by atoms with Crippen molar-refractivity contribution in [1.82, 2.24) is 30.3 Å². The van der Waals surface area contributed by atoms with Crippen LogP contribution in [-0.4, -0.2) is 84.3 Å². The minimum atomic E-state index is 0. The van der Waals surface area contributed by atoms with E-state index in [2.05, 4.69) is 39.6 Å². The Balaban J connectivity index is 0.00000450. The second kappa shape index (κ2) is 14.9. The van der Waals surface area contributed by atoms with Gasteiger partial charge in [0.25, 0.3) is 0 Å². The summed E-state index contributed by atoms with van der Waals surface area (Å²) in [5, 5.41) is 15.3. The van der Waals surface area contributed by atoms with Gasteiger partial charge in [0, 0.05) is 53.0 Å². The highest BCUT2D eigenvalue weighted by molar-refractivity contribution is 14.0. The lowest BCUT2D eigenvalue weighted by atomic mass is 10.1. The Hall–Kier alpha value is -0.980. The van der Waals surface area contributed by atoms with Crippen LogP contribution in [0.5, 0.6) is 0 Å². The van der Waals surface area contributed by atoms with Gasteiger partial charge in [-0.15, -0.1) is 34.2 Å². The van der Waals surface area contributed by atoms with Gasteiger partial charge in [0.2, 0.25) is 0 Å². The van der Waals surface area contributed by atoms with E-state index in [1.165, 1.54) is 0 Å². The SMILES string of the molecule is COCCCNC(=NCc1nnc(C)n1C)NC1CCN(CCOC(C)C)CC1.I. The normalized spacial score (nSPS) is 16.0. The minimum absolute atomic E-state index is 0. The van der Waals surface area contributed by atoms with E-state index in [0.29, 0.717) is 18.7 Å². The first kappa shape index (κ1) is 27.1. The van der Waals surface area contributed by atoms with Crippen molar-refractivity contribution in [1.29, 1.82) is 0 Å². The largest absolute Gasteiger partial charge is 0.385 e. The van der Waals surface area contributed by atoms with Crippen LogP contribution in [0.4, 0.5) is 0 Å². The average molecular weight is 537 g/mol. The molecule has 2 N–H and O–H groups in total. The monoisotopic (exact) mass is 537 g/mol. The molecular weight excluding hydrogens is 497 g/mol. The highest BCUT2D eigenvalue weighted by Crippen LogP contribution is 2.10. The van der Waals surface area contributed by atoms with E-state index in [0.717, 1.165) is 76.3 Å². The molecule has 30 heavy (non-hydrogen) atoms. The van der Waals surface area contributed by atoms with E-state index < -0.39 is 0 Å². The Morgan fingerprint density at radius 3 is 2.57 bits per heavy atom. The van der Waals surface area contributed by atoms with Crippen LogP contribution in [0.1, 0.15) is 44.8 Å². The second-order valence-electron chi connectivity index (χ2n) is 7.84. The van der Waals surface area contributed by atoms with Crippen LogP contribution in [0.2, 0.25) is 0 Å². The molecular formula is C20H40IN7O2. The first-order valence-corrected chi connectivity index (χ1v) is 10.7. The van der Waals surface area contributed by atoms with E-state index in [1.807, 2.05) is 18.5 Å². The maximum Gasteiger partial charge on any atom is 0.191 e. The summed E-state index contributed by atoms with van der Waals surface area (Å²) in [6, 6.07) is 0.423. The predicted octanol–water partition coefficient (Wildman–Crippen LogP) is 1.70. The molecule has 0 aliphatic carbocycles. The third-order valence-corrected chi connectivity index (χ3v) is 5.17. The van der Waals surface area contributed by atoms with E-state index >= 15 is 0 Å². The van der Waals surface area contributed by atoms with Gasteiger partial charge < -0.3 is 29.6 Å². The van der Waals surface area contributed by atoms with Crippen molar-refractivity contribution in [3.8, 4) is 0 Å². The van der Waals surface area contributed by atoms with Crippen molar-refractivity contribution in [3.05, 3.63) is 11.6 Å². The van der Waals surface area contributed by atoms with Crippen molar-refractivity contribution < 1.29 is 9.47 Å². The molecule has 1 aliphatic rings. The number of ether oxygens (including phenoxy) is 2. The third kappa shape index (κ3) is 9.88. The first-order chi connectivity index (χ1) is 14.0. The van der Waals surface area contributed by atoms with Gasteiger partial charge >= 0.3 is 0 Å². The van der Waals surface area contributed by atoms with Crippen molar-refractivity contribution in [2.24, 2.45) is 12.0 Å². The zero-order valence-electron chi connectivity index (χ0n) is 19.2. The summed E-state index contributed by atoms with van der Waals surface area (Å²) in [5.74, 6) is 2.59. The maximum atomic E-state index is 5.68. The molecule has 0 saturated carbocycles. The summed E-state index contributed by atoms with van der Waals surface area (Å²) in [6.45, 7) is 12.1. The van der Waals surface area contributed by atoms with Gasteiger partial charge in [-0.25, -0.2) is 4.99 Å². The molecule has 0 bridgehead atoms. The fraction of sp³-hybridized carbons (Fsp3) is 0.850. The van der Waals surface area contributed by atoms with Gasteiger partial charge in [-0.2, -0.15) is 0 Å². The van der Waals surface area contributed by atoms with Crippen LogP contribution in [0.25, 0.3) is 0 Å². The van der Waals surface area contributed by atoms with E-state index in [4.69, 9.17) is 14.5 Å². The Bertz CT molecular complexity index is 616. The van der Waals surface area contributed by atoms with Crippen LogP contribution in [-0.2, 0) is 23.1 Å². The predicted molar refractivity (Wildman–Crippen MR) is 130 cm³/mol. The highest BCUT2D eigenvalue weighted by Gasteiger charge is 2.20. The molecule has 2 rings (SSSR count). The molecule has 0 radical (unpaired) electrons. The maximum absolute atomic E-state index is 5.68. The highest BCUT2D eigenvalue weighted by atomic mass is 127. The van der Waals surface area contributed by atoms with Crippen molar-refractivity contribution in [3.63, 3.8) is 0 Å². The molecule has 1 aliphatic heterocycles. The van der Waals surface area contributed by atoms with E-state index in [1.54, 1.807) is 7.11 Å². The lowest BCUT2D eigenvalue weighted by molar-refractivity contribution is 0.0532. The van der Waals surface area contributed by atoms with Gasteiger partial charge in [0.15, 0.2) is 11.8 Å². The Kier molecular flexibility index (Phi) is 13.5. The molecule has 1 saturated heterocycles. The van der Waals surface area contributed by atoms with Crippen molar-refractivity contribution >= 4 is 29.9 Å². The molecule has 2 heterocycles. The van der Waals surface area contributed by atoms with Crippen LogP contribution in [0, 0.1) is 6.92 Å². The number of aromatic nitrogens is 3. The number of likely N-dealkylation sites (tertiary alicyclic amines) is 1. The minimum Gasteiger partial charge on any atom is -0.385 e. The average Bonchev–Trinajstić information content (AvgIpc) is 3.02. The van der Waals surface area contributed by atoms with E-state index in [9.17, 15) is 0 Å². The molecule has 1 aromatic rings. The Labute approximate surface area is 198 Å². The number of hydrogen-bond acceptors (Lipinski definition) is 6. The Morgan fingerprint density at radius 2 is 1.97 bits per heavy atom. The van der Waals surface area contributed by atoms with Crippen LogP contribution >= 0.6 is 24.0 Å². The zero-order valence-corrected chi connectivity index (χ0v) is 21.5. The number of aryl methyl sites for hydroxylation is 1. The lowest BCUT2D eigenvalue weighted by Crippen LogP contribution is -2.49. The molecule has 9 nitrogen and oxygen atoms in total. The van der Waals surface area contributed by atoms with Gasteiger partial charge in [-0.3, -0.25) is 0 Å². The van der Waals surface area contributed by atoms with Gasteiger partial charge in [0.1, 0.15) is 12.4 Å². The zero-order chi connectivity index (χ0) is 21.1. The second-order valence-corrected chi connectivity index (χ2v) is 7.84. The van der Waals surface area contributed by atoms with Gasteiger partial charge in [-0.1, -0.05) is 0 Å². The number of guanidine groups is 1. The number of methoxy groups -OCH3 is 1. The van der Waals surface area contributed by atoms with Crippen molar-refractivity contribution in [2.75, 3.05) is 46.5 Å². The molecule has 0 atom stereocenters. The number of aliphatic imine (C=N–C) groups is 1. The number of rotatable bonds is 11. The smallest absolute Gasteiger partial charge is 0.191 e. The number of nitrogens with one attached hydrogen (secondary N) is 2. The van der Waals surface area contributed by atoms with Gasteiger partial charge in [-0.05, 0) is 40.0 Å². The summed E-state index contributed by atoms with van der Waals surface area (Å²) in [5.41, 5.74) is 0. The summed E-state index contributed by atoms with van der Waals surface area (Å²) in [7, 11) is 3.70. The van der Waals surface area contributed by atoms with Crippen LogP contribution in [0.15, 0.2) is 4.99 Å². The summed E-state index contributed by atoms with van der Waals surface area (Å²) >= 11 is 0. The molecule has 0 amide bonds. The molecule has 10 heteroatoms. The number of piperidine rings is 1. The summed E-state index contributed by atoms with van der Waals surface area (Å²) < 4.78 is 12.8. The number of hydrogen-bond donors (Lipinski definition) is 2. The fourth-order valence-electron chi connectivity index (χ4n) is 3.23. The molecule has 0 spiro atoms. The van der Waals surface area contributed by atoms with Gasteiger partial charge in [0.05, 0.1) is 12.7 Å². The summed E-state index contributed by atoms with van der Waals surface area (Å²) in [6.07, 6.45) is 3.44. The van der Waals surface area contributed by atoms with E-state index in [-0.39, 0.29) is 24.0 Å². The third-order valence-electron chi connectivity index (χ3n) is 5.17. The topological polar surface area (TPSA) is 88.8 Å². The van der Waals surface area contributed by atoms with Crippen molar-refractivity contribution in [2.45, 2.75) is 58.7 Å². The van der Waals surface area contributed by atoms with Crippen LogP contribution in [0.3, 0.4) is 0 Å².